The number of halogens is 3. The minimum absolute atomic E-state index is 0.0426. The highest BCUT2D eigenvalue weighted by molar-refractivity contribution is 7.93. The maximum absolute atomic E-state index is 13.5. The molecule has 27 heavy (non-hydrogen) atoms. The van der Waals surface area contributed by atoms with Crippen LogP contribution >= 0.6 is 0 Å². The van der Waals surface area contributed by atoms with E-state index in [9.17, 15) is 32.1 Å². The van der Waals surface area contributed by atoms with Crippen LogP contribution in [0.15, 0.2) is 22.7 Å². The molecular weight excluding hydrogens is 391 g/mol. The molecular formula is C15H18F3N3O5S. The molecule has 0 saturated carbocycles. The molecule has 2 rings (SSSR count). The van der Waals surface area contributed by atoms with Crippen LogP contribution in [-0.2, 0) is 24.9 Å². The van der Waals surface area contributed by atoms with E-state index in [1.165, 1.54) is 0 Å². The molecule has 0 aliphatic carbocycles. The lowest BCUT2D eigenvalue weighted by Gasteiger charge is -2.31. The Kier molecular flexibility index (Phi) is 5.92. The highest BCUT2D eigenvalue weighted by atomic mass is 32.2. The number of hydrogen-bond acceptors (Lipinski definition) is 7. The first-order valence-electron chi connectivity index (χ1n) is 7.82. The van der Waals surface area contributed by atoms with E-state index >= 15 is 0 Å². The molecule has 12 heteroatoms. The van der Waals surface area contributed by atoms with Crippen LogP contribution in [0.1, 0.15) is 25.5 Å². The molecule has 1 aliphatic heterocycles. The average Bonchev–Trinajstić information content (AvgIpc) is 2.56. The Morgan fingerprint density at radius 3 is 2.59 bits per heavy atom. The number of rotatable bonds is 5. The summed E-state index contributed by atoms with van der Waals surface area (Å²) >= 11 is 0. The Morgan fingerprint density at radius 2 is 2.11 bits per heavy atom. The zero-order valence-corrected chi connectivity index (χ0v) is 15.0. The summed E-state index contributed by atoms with van der Waals surface area (Å²) in [5.74, 6) is -2.40. The van der Waals surface area contributed by atoms with Crippen molar-refractivity contribution in [2.75, 3.05) is 11.5 Å². The van der Waals surface area contributed by atoms with E-state index in [1.54, 1.807) is 0 Å². The van der Waals surface area contributed by atoms with E-state index in [4.69, 9.17) is 5.73 Å². The van der Waals surface area contributed by atoms with Gasteiger partial charge in [0.05, 0.1) is 27.7 Å². The Labute approximate surface area is 153 Å². The number of aromatic nitrogens is 1. The second-order valence-electron chi connectivity index (χ2n) is 6.09. The summed E-state index contributed by atoms with van der Waals surface area (Å²) < 4.78 is 61.3. The molecule has 0 bridgehead atoms. The number of nitrogens with two attached hydrogens (primary N) is 1. The van der Waals surface area contributed by atoms with Crippen molar-refractivity contribution in [2.45, 2.75) is 37.6 Å². The summed E-state index contributed by atoms with van der Waals surface area (Å²) in [5.41, 5.74) is 1.28. The molecule has 2 unspecified atom stereocenters. The number of esters is 1. The zero-order valence-electron chi connectivity index (χ0n) is 14.2. The second kappa shape index (κ2) is 7.52. The first-order valence-corrected chi connectivity index (χ1v) is 9.68. The molecule has 3 N–H and O–H groups in total. The van der Waals surface area contributed by atoms with Crippen LogP contribution in [-0.4, -0.2) is 49.9 Å². The van der Waals surface area contributed by atoms with Gasteiger partial charge in [0.2, 0.25) is 5.60 Å². The summed E-state index contributed by atoms with van der Waals surface area (Å²) in [5, 5.41) is 10.3. The SMILES string of the molecule is CC(=O)Oc1ccc(C(O)(CCS2(=O)=NC(=O)[C@@H](N)CC2)C(F)(F)F)nc1. The van der Waals surface area contributed by atoms with Gasteiger partial charge in [-0.2, -0.15) is 17.5 Å². The van der Waals surface area contributed by atoms with Crippen molar-refractivity contribution in [3.05, 3.63) is 24.0 Å². The monoisotopic (exact) mass is 409 g/mol. The van der Waals surface area contributed by atoms with Gasteiger partial charge in [-0.3, -0.25) is 14.6 Å². The highest BCUT2D eigenvalue weighted by Gasteiger charge is 2.56. The normalized spacial score (nSPS) is 25.4. The molecule has 1 aromatic heterocycles. The zero-order chi connectivity index (χ0) is 20.5. The van der Waals surface area contributed by atoms with Crippen LogP contribution in [0.5, 0.6) is 5.75 Å². The first kappa shape index (κ1) is 21.3. The first-order chi connectivity index (χ1) is 12.4. The fourth-order valence-electron chi connectivity index (χ4n) is 2.43. The van der Waals surface area contributed by atoms with Gasteiger partial charge in [-0.1, -0.05) is 0 Å². The number of amides is 1. The van der Waals surface area contributed by atoms with E-state index in [2.05, 4.69) is 14.1 Å². The molecule has 1 aromatic rings. The van der Waals surface area contributed by atoms with Gasteiger partial charge < -0.3 is 15.6 Å². The van der Waals surface area contributed by atoms with E-state index in [-0.39, 0.29) is 17.9 Å². The number of alkyl halides is 3. The van der Waals surface area contributed by atoms with Crippen LogP contribution in [0.3, 0.4) is 0 Å². The van der Waals surface area contributed by atoms with Gasteiger partial charge >= 0.3 is 12.1 Å². The molecule has 0 spiro atoms. The Bertz CT molecular complexity index is 849. The molecule has 0 fully saturated rings. The summed E-state index contributed by atoms with van der Waals surface area (Å²) in [6.07, 6.45) is -5.24. The molecule has 3 atom stereocenters. The summed E-state index contributed by atoms with van der Waals surface area (Å²) in [4.78, 5) is 25.9. The fraction of sp³-hybridized carbons (Fsp3) is 0.533. The molecule has 0 radical (unpaired) electrons. The van der Waals surface area contributed by atoms with Crippen LogP contribution in [0.4, 0.5) is 13.2 Å². The van der Waals surface area contributed by atoms with E-state index in [0.717, 1.165) is 25.3 Å². The van der Waals surface area contributed by atoms with Gasteiger partial charge in [-0.25, -0.2) is 4.21 Å². The standard InChI is InChI=1S/C15H18F3N3O5S/c1-9(22)26-10-2-3-12(20-8-10)14(24,15(16,17)18)5-7-27(25)6-4-11(19)13(23)21-27/h2-3,8,11,24H,4-7,19H2,1H3/t11-,14?,27?/m0/s1. The van der Waals surface area contributed by atoms with Crippen molar-refractivity contribution in [1.29, 1.82) is 0 Å². The van der Waals surface area contributed by atoms with Crippen molar-refractivity contribution in [3.63, 3.8) is 0 Å². The van der Waals surface area contributed by atoms with Gasteiger partial charge in [-0.05, 0) is 18.6 Å². The largest absolute Gasteiger partial charge is 0.425 e. The molecule has 2 heterocycles. The Morgan fingerprint density at radius 1 is 1.44 bits per heavy atom. The molecule has 1 aliphatic rings. The number of ether oxygens (including phenoxy) is 1. The molecule has 0 saturated heterocycles. The van der Waals surface area contributed by atoms with Crippen LogP contribution in [0.25, 0.3) is 0 Å². The third-order valence-corrected chi connectivity index (χ3v) is 6.22. The van der Waals surface area contributed by atoms with Gasteiger partial charge in [-0.15, -0.1) is 0 Å². The van der Waals surface area contributed by atoms with Gasteiger partial charge in [0.15, 0.2) is 0 Å². The van der Waals surface area contributed by atoms with Crippen molar-refractivity contribution in [3.8, 4) is 5.75 Å². The third-order valence-electron chi connectivity index (χ3n) is 3.99. The van der Waals surface area contributed by atoms with Crippen LogP contribution in [0, 0.1) is 0 Å². The van der Waals surface area contributed by atoms with Crippen LogP contribution in [0.2, 0.25) is 0 Å². The van der Waals surface area contributed by atoms with Crippen molar-refractivity contribution >= 4 is 21.6 Å². The smallest absolute Gasteiger partial charge is 0.423 e. The average molecular weight is 409 g/mol. The predicted molar refractivity (Wildman–Crippen MR) is 88.0 cm³/mol. The van der Waals surface area contributed by atoms with E-state index < -0.39 is 57.3 Å². The number of pyridine rings is 1. The number of carbonyl (C=O) groups excluding carboxylic acids is 2. The fourth-order valence-corrected chi connectivity index (χ4v) is 4.52. The molecule has 1 amide bonds. The molecule has 0 aromatic carbocycles. The number of hydrogen-bond donors (Lipinski definition) is 2. The van der Waals surface area contributed by atoms with Crippen molar-refractivity contribution < 1.29 is 36.8 Å². The number of nitrogens with zero attached hydrogens (tertiary/aromatic N) is 2. The number of aliphatic hydroxyl groups is 1. The van der Waals surface area contributed by atoms with E-state index in [1.807, 2.05) is 0 Å². The topological polar surface area (TPSA) is 132 Å². The lowest BCUT2D eigenvalue weighted by molar-refractivity contribution is -0.268. The maximum Gasteiger partial charge on any atom is 0.423 e. The number of carbonyl (C=O) groups is 2. The third kappa shape index (κ3) is 4.82. The van der Waals surface area contributed by atoms with Gasteiger partial charge in [0, 0.05) is 24.9 Å². The molecule has 8 nitrogen and oxygen atoms in total. The lowest BCUT2D eigenvalue weighted by Crippen LogP contribution is -2.45. The predicted octanol–water partition coefficient (Wildman–Crippen LogP) is 0.872. The maximum atomic E-state index is 13.5. The minimum Gasteiger partial charge on any atom is -0.425 e. The quantitative estimate of drug-likeness (QED) is 0.690. The summed E-state index contributed by atoms with van der Waals surface area (Å²) in [6, 6.07) is 0.988. The van der Waals surface area contributed by atoms with Crippen molar-refractivity contribution in [2.24, 2.45) is 10.1 Å². The Balaban J connectivity index is 2.30. The minimum atomic E-state index is -5.13. The van der Waals surface area contributed by atoms with Gasteiger partial charge in [0.25, 0.3) is 5.91 Å². The molecule has 150 valence electrons. The van der Waals surface area contributed by atoms with E-state index in [0.29, 0.717) is 0 Å². The van der Waals surface area contributed by atoms with Crippen molar-refractivity contribution in [1.82, 2.24) is 4.98 Å². The lowest BCUT2D eigenvalue weighted by atomic mass is 9.95. The summed E-state index contributed by atoms with van der Waals surface area (Å²) in [7, 11) is -3.26. The van der Waals surface area contributed by atoms with Gasteiger partial charge in [0.1, 0.15) is 5.75 Å². The highest BCUT2D eigenvalue weighted by Crippen LogP contribution is 2.41. The second-order valence-corrected chi connectivity index (χ2v) is 8.63. The Hall–Kier alpha value is -2.05. The van der Waals surface area contributed by atoms with Crippen LogP contribution < -0.4 is 10.5 Å². The summed E-state index contributed by atoms with van der Waals surface area (Å²) in [6.45, 7) is 1.11.